The largest absolute Gasteiger partial charge is 0.434 e. The lowest BCUT2D eigenvalue weighted by Gasteiger charge is -2.12. The van der Waals surface area contributed by atoms with Crippen LogP contribution in [0.3, 0.4) is 0 Å². The standard InChI is InChI=1S/C15H20F3N7S.HI/c1-19-14(21-8-13-22-10(9-26-13)15(16,17)18)20-7-12-24-23-11-5-3-2-4-6-25(11)12;/h9H,2-8H2,1H3,(H2,19,20,21);1H. The summed E-state index contributed by atoms with van der Waals surface area (Å²) in [6.07, 6.45) is -0.0575. The summed E-state index contributed by atoms with van der Waals surface area (Å²) < 4.78 is 39.9. The van der Waals surface area contributed by atoms with Gasteiger partial charge in [-0.25, -0.2) is 4.98 Å². The van der Waals surface area contributed by atoms with E-state index in [1.165, 1.54) is 6.42 Å². The molecule has 0 aliphatic carbocycles. The maximum absolute atomic E-state index is 12.6. The number of fused-ring (bicyclic) bond motifs is 1. The highest BCUT2D eigenvalue weighted by molar-refractivity contribution is 14.0. The molecule has 0 fully saturated rings. The highest BCUT2D eigenvalue weighted by Crippen LogP contribution is 2.29. The molecule has 2 aromatic rings. The predicted molar refractivity (Wildman–Crippen MR) is 107 cm³/mol. The van der Waals surface area contributed by atoms with Gasteiger partial charge in [-0.05, 0) is 12.8 Å². The van der Waals surface area contributed by atoms with Crippen molar-refractivity contribution in [2.75, 3.05) is 7.05 Å². The summed E-state index contributed by atoms with van der Waals surface area (Å²) in [5.41, 5.74) is -0.867. The highest BCUT2D eigenvalue weighted by Gasteiger charge is 2.33. The van der Waals surface area contributed by atoms with Crippen LogP contribution >= 0.6 is 35.3 Å². The summed E-state index contributed by atoms with van der Waals surface area (Å²) in [6, 6.07) is 0. The van der Waals surface area contributed by atoms with Crippen molar-refractivity contribution < 1.29 is 13.2 Å². The van der Waals surface area contributed by atoms with E-state index in [1.807, 2.05) is 0 Å². The molecule has 7 nitrogen and oxygen atoms in total. The van der Waals surface area contributed by atoms with Gasteiger partial charge in [-0.1, -0.05) is 6.42 Å². The van der Waals surface area contributed by atoms with E-state index in [-0.39, 0.29) is 30.5 Å². The van der Waals surface area contributed by atoms with Crippen LogP contribution in [0.1, 0.15) is 41.6 Å². The molecule has 27 heavy (non-hydrogen) atoms. The van der Waals surface area contributed by atoms with E-state index in [4.69, 9.17) is 0 Å². The van der Waals surface area contributed by atoms with E-state index >= 15 is 0 Å². The van der Waals surface area contributed by atoms with Gasteiger partial charge >= 0.3 is 6.18 Å². The average Bonchev–Trinajstić information content (AvgIpc) is 3.16. The molecular formula is C15H21F3IN7S. The molecule has 0 bridgehead atoms. The minimum atomic E-state index is -4.42. The molecule has 0 amide bonds. The summed E-state index contributed by atoms with van der Waals surface area (Å²) in [5, 5.41) is 15.9. The fraction of sp³-hybridized carbons (Fsp3) is 0.600. The zero-order valence-electron chi connectivity index (χ0n) is 14.7. The monoisotopic (exact) mass is 515 g/mol. The van der Waals surface area contributed by atoms with E-state index in [1.54, 1.807) is 7.05 Å². The third-order valence-corrected chi connectivity index (χ3v) is 4.92. The molecule has 2 aromatic heterocycles. The third kappa shape index (κ3) is 5.77. The normalized spacial score (nSPS) is 14.9. The smallest absolute Gasteiger partial charge is 0.350 e. The van der Waals surface area contributed by atoms with Crippen molar-refractivity contribution in [3.05, 3.63) is 27.7 Å². The average molecular weight is 515 g/mol. The number of aliphatic imine (C=N–C) groups is 1. The van der Waals surface area contributed by atoms with E-state index in [9.17, 15) is 13.2 Å². The minimum absolute atomic E-state index is 0. The number of aryl methyl sites for hydroxylation is 1. The van der Waals surface area contributed by atoms with Gasteiger partial charge in [-0.15, -0.1) is 45.5 Å². The van der Waals surface area contributed by atoms with E-state index in [0.29, 0.717) is 17.5 Å². The fourth-order valence-electron chi connectivity index (χ4n) is 2.74. The zero-order valence-corrected chi connectivity index (χ0v) is 17.9. The fourth-order valence-corrected chi connectivity index (χ4v) is 3.48. The first-order valence-electron chi connectivity index (χ1n) is 8.34. The van der Waals surface area contributed by atoms with E-state index in [0.717, 1.165) is 54.2 Å². The van der Waals surface area contributed by atoms with Crippen LogP contribution in [0.4, 0.5) is 13.2 Å². The number of alkyl halides is 3. The molecule has 0 unspecified atom stereocenters. The number of hydrogen-bond donors (Lipinski definition) is 2. The van der Waals surface area contributed by atoms with Crippen LogP contribution in [0.25, 0.3) is 0 Å². The van der Waals surface area contributed by atoms with Crippen molar-refractivity contribution in [1.29, 1.82) is 0 Å². The molecule has 3 heterocycles. The first kappa shape index (κ1) is 21.9. The summed E-state index contributed by atoms with van der Waals surface area (Å²) in [6.45, 7) is 1.52. The molecule has 0 atom stereocenters. The van der Waals surface area contributed by atoms with Crippen molar-refractivity contribution >= 4 is 41.3 Å². The molecule has 0 saturated carbocycles. The Labute approximate surface area is 175 Å². The number of hydrogen-bond acceptors (Lipinski definition) is 5. The van der Waals surface area contributed by atoms with E-state index in [2.05, 4.69) is 35.4 Å². The van der Waals surface area contributed by atoms with Crippen LogP contribution in [0.2, 0.25) is 0 Å². The van der Waals surface area contributed by atoms with E-state index < -0.39 is 11.9 Å². The van der Waals surface area contributed by atoms with Gasteiger partial charge < -0.3 is 15.2 Å². The van der Waals surface area contributed by atoms with Crippen molar-refractivity contribution in [2.45, 2.75) is 51.5 Å². The third-order valence-electron chi connectivity index (χ3n) is 4.07. The zero-order chi connectivity index (χ0) is 18.6. The predicted octanol–water partition coefficient (Wildman–Crippen LogP) is 2.96. The van der Waals surface area contributed by atoms with Gasteiger partial charge in [0.15, 0.2) is 17.5 Å². The van der Waals surface area contributed by atoms with Crippen LogP contribution in [0.15, 0.2) is 10.4 Å². The van der Waals surface area contributed by atoms with Crippen LogP contribution in [-0.2, 0) is 32.2 Å². The summed E-state index contributed by atoms with van der Waals surface area (Å²) in [5.74, 6) is 2.31. The van der Waals surface area contributed by atoms with Crippen LogP contribution in [0.5, 0.6) is 0 Å². The van der Waals surface area contributed by atoms with Gasteiger partial charge in [0.2, 0.25) is 0 Å². The van der Waals surface area contributed by atoms with Gasteiger partial charge in [0.25, 0.3) is 0 Å². The first-order chi connectivity index (χ1) is 12.5. The Morgan fingerprint density at radius 3 is 2.70 bits per heavy atom. The Bertz CT molecular complexity index is 772. The SMILES string of the molecule is CN=C(NCc1nc(C(F)(F)F)cs1)NCc1nnc2n1CCCCC2.I. The second kappa shape index (κ2) is 9.66. The summed E-state index contributed by atoms with van der Waals surface area (Å²) >= 11 is 0.963. The first-order valence-corrected chi connectivity index (χ1v) is 9.22. The van der Waals surface area contributed by atoms with Crippen molar-refractivity contribution in [3.63, 3.8) is 0 Å². The Balaban J connectivity index is 0.00000261. The molecule has 12 heteroatoms. The maximum atomic E-state index is 12.6. The van der Waals surface area contributed by atoms with Crippen molar-refractivity contribution in [1.82, 2.24) is 30.4 Å². The Morgan fingerprint density at radius 1 is 1.22 bits per heavy atom. The Kier molecular flexibility index (Phi) is 7.82. The highest BCUT2D eigenvalue weighted by atomic mass is 127. The molecule has 150 valence electrons. The van der Waals surface area contributed by atoms with Gasteiger partial charge in [0, 0.05) is 25.4 Å². The molecule has 0 saturated heterocycles. The summed E-state index contributed by atoms with van der Waals surface area (Å²) in [4.78, 5) is 7.67. The van der Waals surface area contributed by atoms with Crippen LogP contribution in [-0.4, -0.2) is 32.8 Å². The molecule has 3 rings (SSSR count). The lowest BCUT2D eigenvalue weighted by atomic mass is 10.2. The number of halogens is 4. The number of thiazole rings is 1. The topological polar surface area (TPSA) is 80.0 Å². The molecule has 2 N–H and O–H groups in total. The molecule has 0 radical (unpaired) electrons. The lowest BCUT2D eigenvalue weighted by molar-refractivity contribution is -0.140. The number of nitrogens with zero attached hydrogens (tertiary/aromatic N) is 5. The summed E-state index contributed by atoms with van der Waals surface area (Å²) in [7, 11) is 1.60. The lowest BCUT2D eigenvalue weighted by Crippen LogP contribution is -2.37. The van der Waals surface area contributed by atoms with Crippen molar-refractivity contribution in [3.8, 4) is 0 Å². The van der Waals surface area contributed by atoms with Crippen LogP contribution < -0.4 is 10.6 Å². The van der Waals surface area contributed by atoms with Crippen LogP contribution in [0, 0.1) is 0 Å². The molecule has 1 aliphatic heterocycles. The number of aromatic nitrogens is 4. The Morgan fingerprint density at radius 2 is 2.00 bits per heavy atom. The van der Waals surface area contributed by atoms with Gasteiger partial charge in [0.05, 0.1) is 13.1 Å². The second-order valence-corrected chi connectivity index (χ2v) is 6.84. The van der Waals surface area contributed by atoms with Gasteiger partial charge in [0.1, 0.15) is 10.8 Å². The Hall–Kier alpha value is -1.44. The van der Waals surface area contributed by atoms with Crippen molar-refractivity contribution in [2.24, 2.45) is 4.99 Å². The quantitative estimate of drug-likeness (QED) is 0.372. The van der Waals surface area contributed by atoms with Gasteiger partial charge in [-0.2, -0.15) is 13.2 Å². The molecular weight excluding hydrogens is 494 g/mol. The second-order valence-electron chi connectivity index (χ2n) is 5.90. The number of rotatable bonds is 4. The van der Waals surface area contributed by atoms with Gasteiger partial charge in [-0.3, -0.25) is 4.99 Å². The number of nitrogens with one attached hydrogen (secondary N) is 2. The maximum Gasteiger partial charge on any atom is 0.434 e. The molecule has 1 aliphatic rings. The molecule has 0 aromatic carbocycles. The molecule has 0 spiro atoms. The minimum Gasteiger partial charge on any atom is -0.350 e. The number of guanidine groups is 1.